The average molecular weight is 567 g/mol. The highest BCUT2D eigenvalue weighted by molar-refractivity contribution is 7.92. The van der Waals surface area contributed by atoms with Crippen molar-refractivity contribution in [1.82, 2.24) is 19.7 Å². The van der Waals surface area contributed by atoms with Crippen LogP contribution in [0.25, 0.3) is 16.6 Å². The minimum absolute atomic E-state index is 0.0950. The molecule has 0 aliphatic carbocycles. The maximum Gasteiger partial charge on any atom is 0.232 e. The predicted octanol–water partition coefficient (Wildman–Crippen LogP) is 4.90. The molecule has 3 heterocycles. The molecule has 0 aliphatic heterocycles. The molecule has 4 N–H and O–H groups in total. The number of nitrogens with two attached hydrogens (primary N) is 1. The van der Waals surface area contributed by atoms with Crippen molar-refractivity contribution in [3.8, 4) is 17.3 Å². The smallest absolute Gasteiger partial charge is 0.232 e. The van der Waals surface area contributed by atoms with Crippen molar-refractivity contribution in [2.24, 2.45) is 0 Å². The Balaban J connectivity index is 1.39. The van der Waals surface area contributed by atoms with Crippen molar-refractivity contribution in [1.29, 1.82) is 0 Å². The van der Waals surface area contributed by atoms with Crippen LogP contribution in [-0.4, -0.2) is 46.4 Å². The zero-order valence-corrected chi connectivity index (χ0v) is 22.0. The Morgan fingerprint density at radius 1 is 1.18 bits per heavy atom. The SMILES string of the molecule is Cc1cc(Oc2ccccn2)ccc1-n1ncc(C(=O)c2cc3cc(F)c(NS(=O)(=O)CCCF)cc3[nH]2)c1N. The van der Waals surface area contributed by atoms with Crippen LogP contribution >= 0.6 is 0 Å². The first kappa shape index (κ1) is 26.8. The molecule has 0 saturated heterocycles. The fourth-order valence-corrected chi connectivity index (χ4v) is 5.23. The summed E-state index contributed by atoms with van der Waals surface area (Å²) in [6.07, 6.45) is 2.75. The maximum atomic E-state index is 14.6. The van der Waals surface area contributed by atoms with Crippen molar-refractivity contribution in [3.63, 3.8) is 0 Å². The third-order valence-electron chi connectivity index (χ3n) is 6.07. The highest BCUT2D eigenvalue weighted by Crippen LogP contribution is 2.29. The number of H-pyrrole nitrogens is 1. The number of rotatable bonds is 10. The molecule has 0 spiro atoms. The zero-order chi connectivity index (χ0) is 28.4. The molecule has 0 amide bonds. The first-order valence-electron chi connectivity index (χ1n) is 12.1. The Hall–Kier alpha value is -4.78. The molecule has 0 atom stereocenters. The van der Waals surface area contributed by atoms with Crippen LogP contribution in [-0.2, 0) is 10.0 Å². The standard InChI is InChI=1S/C27H24F2N6O4S/c1-16-11-18(39-25-5-2-3-9-31-25)6-7-24(16)35-27(30)19(15-32-35)26(36)23-13-17-12-20(29)22(14-21(17)33-23)34-40(37,38)10-4-8-28/h2-3,5-7,9,11-15,33-34H,4,8,10,30H2,1H3. The van der Waals surface area contributed by atoms with E-state index in [1.807, 2.05) is 13.0 Å². The molecule has 0 radical (unpaired) electrons. The number of ether oxygens (including phenoxy) is 1. The fourth-order valence-electron chi connectivity index (χ4n) is 4.14. The fraction of sp³-hybridized carbons (Fsp3) is 0.148. The van der Waals surface area contributed by atoms with Gasteiger partial charge in [0.2, 0.25) is 21.7 Å². The van der Waals surface area contributed by atoms with Gasteiger partial charge in [-0.15, -0.1) is 0 Å². The van der Waals surface area contributed by atoms with Gasteiger partial charge in [0.25, 0.3) is 0 Å². The van der Waals surface area contributed by atoms with Crippen molar-refractivity contribution in [3.05, 3.63) is 89.6 Å². The lowest BCUT2D eigenvalue weighted by molar-refractivity contribution is 0.103. The number of anilines is 2. The number of alkyl halides is 1. The van der Waals surface area contributed by atoms with Crippen molar-refractivity contribution < 1.29 is 26.7 Å². The molecular weight excluding hydrogens is 542 g/mol. The summed E-state index contributed by atoms with van der Waals surface area (Å²) < 4.78 is 60.5. The van der Waals surface area contributed by atoms with Crippen LogP contribution < -0.4 is 15.2 Å². The number of aryl methyl sites for hydroxylation is 1. The summed E-state index contributed by atoms with van der Waals surface area (Å²) in [5.41, 5.74) is 7.96. The lowest BCUT2D eigenvalue weighted by Gasteiger charge is -2.11. The van der Waals surface area contributed by atoms with Crippen LogP contribution in [0.5, 0.6) is 11.6 Å². The van der Waals surface area contributed by atoms with Gasteiger partial charge in [-0.1, -0.05) is 6.07 Å². The van der Waals surface area contributed by atoms with Gasteiger partial charge in [-0.05, 0) is 61.4 Å². The first-order chi connectivity index (χ1) is 19.1. The number of hydrogen-bond donors (Lipinski definition) is 3. The molecule has 0 aliphatic rings. The van der Waals surface area contributed by atoms with E-state index in [-0.39, 0.29) is 29.2 Å². The topological polar surface area (TPSA) is 145 Å². The van der Waals surface area contributed by atoms with E-state index in [9.17, 15) is 22.0 Å². The summed E-state index contributed by atoms with van der Waals surface area (Å²) in [5, 5.41) is 4.64. The van der Waals surface area contributed by atoms with E-state index in [4.69, 9.17) is 10.5 Å². The van der Waals surface area contributed by atoms with Gasteiger partial charge >= 0.3 is 0 Å². The quantitative estimate of drug-likeness (QED) is 0.204. The van der Waals surface area contributed by atoms with Crippen LogP contribution in [0.15, 0.2) is 67.0 Å². The molecule has 0 fully saturated rings. The number of pyridine rings is 1. The summed E-state index contributed by atoms with van der Waals surface area (Å²) >= 11 is 0. The summed E-state index contributed by atoms with van der Waals surface area (Å²) in [7, 11) is -3.94. The molecule has 10 nitrogen and oxygen atoms in total. The Morgan fingerprint density at radius 2 is 2.00 bits per heavy atom. The number of halogens is 2. The number of nitrogens with zero attached hydrogens (tertiary/aromatic N) is 3. The first-order valence-corrected chi connectivity index (χ1v) is 13.8. The number of aromatic nitrogens is 4. The molecule has 0 unspecified atom stereocenters. The number of aromatic amines is 1. The van der Waals surface area contributed by atoms with Crippen molar-refractivity contribution in [2.75, 3.05) is 22.9 Å². The number of carbonyl (C=O) groups excluding carboxylic acids is 1. The van der Waals surface area contributed by atoms with E-state index < -0.39 is 34.1 Å². The Bertz CT molecular complexity index is 1820. The minimum atomic E-state index is -3.94. The Labute approximate surface area is 227 Å². The Kier molecular flexibility index (Phi) is 7.22. The van der Waals surface area contributed by atoms with Crippen molar-refractivity contribution >= 4 is 38.2 Å². The van der Waals surface area contributed by atoms with Crippen molar-refractivity contribution in [2.45, 2.75) is 13.3 Å². The van der Waals surface area contributed by atoms with Gasteiger partial charge in [0.05, 0.1) is 41.3 Å². The molecule has 13 heteroatoms. The normalized spacial score (nSPS) is 11.6. The van der Waals surface area contributed by atoms with Gasteiger partial charge < -0.3 is 15.5 Å². The monoisotopic (exact) mass is 566 g/mol. The number of carbonyl (C=O) groups is 1. The molecular formula is C27H24F2N6O4S. The highest BCUT2D eigenvalue weighted by atomic mass is 32.2. The van der Waals surface area contributed by atoms with Gasteiger partial charge in [0.1, 0.15) is 17.4 Å². The molecule has 40 heavy (non-hydrogen) atoms. The molecule has 206 valence electrons. The van der Waals surface area contributed by atoms with E-state index >= 15 is 0 Å². The van der Waals surface area contributed by atoms with Gasteiger partial charge in [-0.2, -0.15) is 5.10 Å². The lowest BCUT2D eigenvalue weighted by Crippen LogP contribution is -2.17. The number of ketones is 1. The third-order valence-corrected chi connectivity index (χ3v) is 7.43. The lowest BCUT2D eigenvalue weighted by atomic mass is 10.1. The molecule has 0 saturated carbocycles. The van der Waals surface area contributed by atoms with E-state index in [0.29, 0.717) is 28.2 Å². The molecule has 5 rings (SSSR count). The molecule has 5 aromatic rings. The predicted molar refractivity (Wildman–Crippen MR) is 147 cm³/mol. The number of hydrogen-bond acceptors (Lipinski definition) is 7. The Morgan fingerprint density at radius 3 is 2.73 bits per heavy atom. The van der Waals surface area contributed by atoms with Gasteiger partial charge in [-0.3, -0.25) is 13.9 Å². The minimum Gasteiger partial charge on any atom is -0.439 e. The van der Waals surface area contributed by atoms with E-state index in [2.05, 4.69) is 19.8 Å². The van der Waals surface area contributed by atoms with E-state index in [1.54, 1.807) is 36.5 Å². The second kappa shape index (κ2) is 10.8. The van der Waals surface area contributed by atoms with E-state index in [0.717, 1.165) is 11.6 Å². The number of nitrogens with one attached hydrogen (secondary N) is 2. The molecule has 2 aromatic carbocycles. The van der Waals surface area contributed by atoms with Crippen LogP contribution in [0.3, 0.4) is 0 Å². The summed E-state index contributed by atoms with van der Waals surface area (Å²) in [5.74, 6) is -0.710. The third kappa shape index (κ3) is 5.50. The maximum absolute atomic E-state index is 14.6. The van der Waals surface area contributed by atoms with Gasteiger partial charge in [-0.25, -0.2) is 22.5 Å². The van der Waals surface area contributed by atoms with Crippen LogP contribution in [0, 0.1) is 12.7 Å². The van der Waals surface area contributed by atoms with Crippen LogP contribution in [0.2, 0.25) is 0 Å². The summed E-state index contributed by atoms with van der Waals surface area (Å²) in [4.78, 5) is 20.3. The second-order valence-electron chi connectivity index (χ2n) is 8.97. The van der Waals surface area contributed by atoms with Gasteiger partial charge in [0, 0.05) is 23.2 Å². The number of sulfonamides is 1. The summed E-state index contributed by atoms with van der Waals surface area (Å²) in [6.45, 7) is 1.04. The van der Waals surface area contributed by atoms with Crippen LogP contribution in [0.4, 0.5) is 20.3 Å². The number of nitrogen functional groups attached to an aromatic ring is 1. The largest absolute Gasteiger partial charge is 0.439 e. The summed E-state index contributed by atoms with van der Waals surface area (Å²) in [6, 6.07) is 14.4. The molecule has 3 aromatic heterocycles. The van der Waals surface area contributed by atoms with E-state index in [1.165, 1.54) is 23.0 Å². The highest BCUT2D eigenvalue weighted by Gasteiger charge is 2.22. The second-order valence-corrected chi connectivity index (χ2v) is 10.8. The molecule has 0 bridgehead atoms. The van der Waals surface area contributed by atoms with Gasteiger partial charge in [0.15, 0.2) is 0 Å². The number of fused-ring (bicyclic) bond motifs is 1. The number of benzene rings is 2. The zero-order valence-electron chi connectivity index (χ0n) is 21.2. The average Bonchev–Trinajstić information content (AvgIpc) is 3.51. The van der Waals surface area contributed by atoms with Crippen LogP contribution in [0.1, 0.15) is 28.0 Å².